The van der Waals surface area contributed by atoms with E-state index in [-0.39, 0.29) is 16.1 Å². The summed E-state index contributed by atoms with van der Waals surface area (Å²) < 4.78 is 48.8. The van der Waals surface area contributed by atoms with E-state index in [4.69, 9.17) is 10.1 Å². The minimum Gasteiger partial charge on any atom is -0.384 e. The number of rotatable bonds is 10. The lowest BCUT2D eigenvalue weighted by molar-refractivity contribution is 0.0927. The second kappa shape index (κ2) is 11.1. The van der Waals surface area contributed by atoms with Gasteiger partial charge in [0.1, 0.15) is 10.7 Å². The largest absolute Gasteiger partial charge is 0.384 e. The normalized spacial score (nSPS) is 16.0. The van der Waals surface area contributed by atoms with Crippen LogP contribution in [0.2, 0.25) is 0 Å². The molecule has 0 amide bonds. The third kappa shape index (κ3) is 5.61. The van der Waals surface area contributed by atoms with Crippen LogP contribution in [0.15, 0.2) is 53.7 Å². The Morgan fingerprint density at radius 3 is 2.54 bits per heavy atom. The summed E-state index contributed by atoms with van der Waals surface area (Å²) in [4.78, 5) is 0.221. The van der Waals surface area contributed by atoms with E-state index >= 15 is 0 Å². The molecule has 2 heterocycles. The molecule has 0 saturated carbocycles. The van der Waals surface area contributed by atoms with Crippen LogP contribution >= 0.6 is 0 Å². The van der Waals surface area contributed by atoms with Crippen molar-refractivity contribution in [2.45, 2.75) is 50.0 Å². The van der Waals surface area contributed by atoms with Gasteiger partial charge >= 0.3 is 0 Å². The highest BCUT2D eigenvalue weighted by Gasteiger charge is 2.41. The third-order valence-corrected chi connectivity index (χ3v) is 8.90. The molecule has 0 bridgehead atoms. The van der Waals surface area contributed by atoms with Crippen molar-refractivity contribution in [3.63, 3.8) is 0 Å². The number of sulfonamides is 1. The van der Waals surface area contributed by atoms with Gasteiger partial charge in [0.15, 0.2) is 0 Å². The summed E-state index contributed by atoms with van der Waals surface area (Å²) >= 11 is 0. The number of methoxy groups -OCH3 is 1. The summed E-state index contributed by atoms with van der Waals surface area (Å²) in [7, 11) is -1.98. The Balaban J connectivity index is 1.59. The predicted octanol–water partition coefficient (Wildman–Crippen LogP) is 4.85. The molecule has 0 unspecified atom stereocenters. The number of nitrogens with one attached hydrogen (secondary N) is 2. The Kier molecular flexibility index (Phi) is 8.11. The average molecular weight is 528 g/mol. The molecule has 0 radical (unpaired) electrons. The van der Waals surface area contributed by atoms with Crippen molar-refractivity contribution in [3.05, 3.63) is 71.3 Å². The highest BCUT2D eigenvalue weighted by Crippen LogP contribution is 2.40. The van der Waals surface area contributed by atoms with Gasteiger partial charge < -0.3 is 15.5 Å². The number of benzene rings is 2. The molecule has 4 rings (SSSR count). The number of aromatic nitrogens is 2. The maximum absolute atomic E-state index is 13.3. The van der Waals surface area contributed by atoms with Gasteiger partial charge in [0.2, 0.25) is 10.0 Å². The van der Waals surface area contributed by atoms with E-state index in [1.54, 1.807) is 30.1 Å². The lowest BCUT2D eigenvalue weighted by Crippen LogP contribution is -2.47. The number of aryl methyl sites for hydroxylation is 2. The van der Waals surface area contributed by atoms with E-state index in [1.807, 2.05) is 26.0 Å². The SMILES string of the molecule is CCCn1cc(S(=O)(=O)N2CCC(COC)(c3cc(C=N)c(Nc4ccc(F)cc4)cc3C)CC2)cn1. The van der Waals surface area contributed by atoms with Crippen LogP contribution in [0.1, 0.15) is 42.9 Å². The molecule has 0 atom stereocenters. The fourth-order valence-corrected chi connectivity index (χ4v) is 6.51. The first-order chi connectivity index (χ1) is 17.7. The standard InChI is InChI=1S/C27H34FN5O3S/c1-4-11-32-18-24(17-30-32)37(34,35)33-12-9-27(10-13-33,19-36-3)25-15-21(16-29)26(14-20(25)2)31-23-7-5-22(28)6-8-23/h5-8,14-18,29,31H,4,9-13,19H2,1-3H3. The Hall–Kier alpha value is -3.08. The third-order valence-electron chi connectivity index (χ3n) is 7.05. The van der Waals surface area contributed by atoms with Crippen molar-refractivity contribution in [3.8, 4) is 0 Å². The average Bonchev–Trinajstić information content (AvgIpc) is 3.36. The molecule has 1 aromatic heterocycles. The van der Waals surface area contributed by atoms with Crippen LogP contribution in [0.25, 0.3) is 0 Å². The van der Waals surface area contributed by atoms with Crippen molar-refractivity contribution < 1.29 is 17.5 Å². The summed E-state index contributed by atoms with van der Waals surface area (Å²) in [5.74, 6) is -0.311. The van der Waals surface area contributed by atoms with Crippen LogP contribution in [0, 0.1) is 18.2 Å². The zero-order valence-corrected chi connectivity index (χ0v) is 22.3. The van der Waals surface area contributed by atoms with Crippen LogP contribution in [0.3, 0.4) is 0 Å². The molecule has 1 aliphatic heterocycles. The first kappa shape index (κ1) is 27.0. The molecule has 1 fully saturated rings. The minimum atomic E-state index is -3.64. The van der Waals surface area contributed by atoms with Crippen molar-refractivity contribution in [1.82, 2.24) is 14.1 Å². The van der Waals surface area contributed by atoms with Crippen LogP contribution in [-0.4, -0.2) is 55.5 Å². The van der Waals surface area contributed by atoms with Gasteiger partial charge in [0.25, 0.3) is 0 Å². The van der Waals surface area contributed by atoms with Crippen molar-refractivity contribution in [1.29, 1.82) is 5.41 Å². The van der Waals surface area contributed by atoms with E-state index in [1.165, 1.54) is 28.8 Å². The van der Waals surface area contributed by atoms with Crippen molar-refractivity contribution >= 4 is 27.6 Å². The highest BCUT2D eigenvalue weighted by atomic mass is 32.2. The van der Waals surface area contributed by atoms with Gasteiger partial charge in [-0.15, -0.1) is 0 Å². The van der Waals surface area contributed by atoms with Gasteiger partial charge in [-0.05, 0) is 73.7 Å². The number of ether oxygens (including phenoxy) is 1. The Morgan fingerprint density at radius 1 is 1.22 bits per heavy atom. The Morgan fingerprint density at radius 2 is 1.92 bits per heavy atom. The monoisotopic (exact) mass is 527 g/mol. The molecular weight excluding hydrogens is 493 g/mol. The zero-order valence-electron chi connectivity index (χ0n) is 21.5. The van der Waals surface area contributed by atoms with E-state index in [9.17, 15) is 12.8 Å². The van der Waals surface area contributed by atoms with Crippen LogP contribution in [-0.2, 0) is 26.7 Å². The molecule has 1 aliphatic rings. The highest BCUT2D eigenvalue weighted by molar-refractivity contribution is 7.89. The van der Waals surface area contributed by atoms with Crippen LogP contribution in [0.5, 0.6) is 0 Å². The fourth-order valence-electron chi connectivity index (χ4n) is 5.11. The molecule has 3 aromatic rings. The summed E-state index contributed by atoms with van der Waals surface area (Å²) in [5, 5.41) is 15.5. The minimum absolute atomic E-state index is 0.221. The molecule has 0 spiro atoms. The quantitative estimate of drug-likeness (QED) is 0.367. The van der Waals surface area contributed by atoms with Crippen LogP contribution in [0.4, 0.5) is 15.8 Å². The molecule has 37 heavy (non-hydrogen) atoms. The number of piperidine rings is 1. The Bertz CT molecular complexity index is 1350. The number of hydrogen-bond donors (Lipinski definition) is 2. The van der Waals surface area contributed by atoms with Gasteiger partial charge in [-0.25, -0.2) is 12.8 Å². The smallest absolute Gasteiger partial charge is 0.246 e. The second-order valence-electron chi connectivity index (χ2n) is 9.59. The van der Waals surface area contributed by atoms with Gasteiger partial charge in [-0.3, -0.25) is 4.68 Å². The van der Waals surface area contributed by atoms with E-state index < -0.39 is 10.0 Å². The summed E-state index contributed by atoms with van der Waals surface area (Å²) in [6.45, 7) is 5.87. The van der Waals surface area contributed by atoms with Gasteiger partial charge in [-0.1, -0.05) is 6.92 Å². The summed E-state index contributed by atoms with van der Waals surface area (Å²) in [5.41, 5.74) is 3.85. The number of nitrogens with zero attached hydrogens (tertiary/aromatic N) is 3. The maximum atomic E-state index is 13.3. The first-order valence-electron chi connectivity index (χ1n) is 12.4. The summed E-state index contributed by atoms with van der Waals surface area (Å²) in [6.07, 6.45) is 6.37. The van der Waals surface area contributed by atoms with Gasteiger partial charge in [0.05, 0.1) is 12.8 Å². The topological polar surface area (TPSA) is 100 Å². The molecule has 1 saturated heterocycles. The predicted molar refractivity (Wildman–Crippen MR) is 143 cm³/mol. The van der Waals surface area contributed by atoms with Gasteiger partial charge in [0, 0.05) is 61.5 Å². The molecule has 198 valence electrons. The molecular formula is C27H34FN5O3S. The van der Waals surface area contributed by atoms with E-state index in [0.29, 0.717) is 44.6 Å². The van der Waals surface area contributed by atoms with E-state index in [0.717, 1.165) is 28.9 Å². The van der Waals surface area contributed by atoms with Crippen LogP contribution < -0.4 is 5.32 Å². The van der Waals surface area contributed by atoms with E-state index in [2.05, 4.69) is 10.4 Å². The maximum Gasteiger partial charge on any atom is 0.246 e. The summed E-state index contributed by atoms with van der Waals surface area (Å²) in [6, 6.07) is 10.1. The molecule has 8 nitrogen and oxygen atoms in total. The zero-order chi connectivity index (χ0) is 26.6. The second-order valence-corrected chi connectivity index (χ2v) is 11.5. The number of halogens is 1. The van der Waals surface area contributed by atoms with Crippen molar-refractivity contribution in [2.24, 2.45) is 0 Å². The molecule has 2 aromatic carbocycles. The number of hydrogen-bond acceptors (Lipinski definition) is 6. The Labute approximate surface area is 218 Å². The lowest BCUT2D eigenvalue weighted by atomic mass is 9.71. The number of anilines is 2. The first-order valence-corrected chi connectivity index (χ1v) is 13.9. The molecule has 2 N–H and O–H groups in total. The van der Waals surface area contributed by atoms with Gasteiger partial charge in [-0.2, -0.15) is 9.40 Å². The lowest BCUT2D eigenvalue weighted by Gasteiger charge is -2.42. The molecule has 0 aliphatic carbocycles. The fraction of sp³-hybridized carbons (Fsp3) is 0.407. The molecule has 10 heteroatoms. The van der Waals surface area contributed by atoms with Crippen molar-refractivity contribution in [2.75, 3.05) is 32.1 Å².